The van der Waals surface area contributed by atoms with Gasteiger partial charge in [0.15, 0.2) is 0 Å². The topological polar surface area (TPSA) is 30.5 Å². The van der Waals surface area contributed by atoms with Gasteiger partial charge in [0.1, 0.15) is 12.4 Å². The van der Waals surface area contributed by atoms with Crippen molar-refractivity contribution in [2.24, 2.45) is 0 Å². The maximum absolute atomic E-state index is 5.70. The molecule has 0 amide bonds. The van der Waals surface area contributed by atoms with Crippen molar-refractivity contribution in [1.29, 1.82) is 0 Å². The predicted molar refractivity (Wildman–Crippen MR) is 83.0 cm³/mol. The van der Waals surface area contributed by atoms with E-state index in [9.17, 15) is 0 Å². The van der Waals surface area contributed by atoms with E-state index in [1.165, 1.54) is 5.56 Å². The van der Waals surface area contributed by atoms with E-state index in [1.54, 1.807) is 0 Å². The zero-order valence-corrected chi connectivity index (χ0v) is 13.5. The van der Waals surface area contributed by atoms with Crippen molar-refractivity contribution in [3.63, 3.8) is 0 Å². The lowest BCUT2D eigenvalue weighted by atomic mass is 10.2. The first kappa shape index (κ1) is 16.5. The van der Waals surface area contributed by atoms with Gasteiger partial charge in [0.25, 0.3) is 0 Å². The largest absolute Gasteiger partial charge is 0.491 e. The van der Waals surface area contributed by atoms with Crippen LogP contribution >= 0.6 is 15.9 Å². The van der Waals surface area contributed by atoms with E-state index in [1.807, 2.05) is 13.0 Å². The van der Waals surface area contributed by atoms with Crippen LogP contribution in [0.15, 0.2) is 22.7 Å². The average Bonchev–Trinajstić information content (AvgIpc) is 2.39. The Kier molecular flexibility index (Phi) is 8.88. The summed E-state index contributed by atoms with van der Waals surface area (Å²) in [5.41, 5.74) is 1.23. The second-order valence-corrected chi connectivity index (χ2v) is 5.29. The summed E-state index contributed by atoms with van der Waals surface area (Å²) >= 11 is 3.51. The molecule has 1 aromatic rings. The molecule has 0 saturated heterocycles. The molecule has 19 heavy (non-hydrogen) atoms. The third kappa shape index (κ3) is 7.55. The summed E-state index contributed by atoms with van der Waals surface area (Å²) in [5, 5.41) is 3.37. The molecule has 3 nitrogen and oxygen atoms in total. The van der Waals surface area contributed by atoms with E-state index >= 15 is 0 Å². The molecule has 0 bridgehead atoms. The Morgan fingerprint density at radius 1 is 1.16 bits per heavy atom. The fraction of sp³-hybridized carbons (Fsp3) is 0.600. The molecule has 0 aromatic heterocycles. The Bertz CT molecular complexity index is 358. The molecule has 4 heteroatoms. The van der Waals surface area contributed by atoms with Gasteiger partial charge >= 0.3 is 0 Å². The second-order valence-electron chi connectivity index (χ2n) is 4.44. The van der Waals surface area contributed by atoms with Gasteiger partial charge in [-0.05, 0) is 66.9 Å². The molecule has 1 N–H and O–H groups in total. The van der Waals surface area contributed by atoms with Crippen molar-refractivity contribution in [3.05, 3.63) is 28.2 Å². The normalized spacial score (nSPS) is 10.7. The summed E-state index contributed by atoms with van der Waals surface area (Å²) in [6.07, 6.45) is 2.26. The standard InChI is InChI=1S/C15H24BrNO2/c1-3-18-10-5-4-8-17-9-11-19-15-7-6-13(2)12-14(15)16/h6-7,12,17H,3-5,8-11H2,1-2H3. The summed E-state index contributed by atoms with van der Waals surface area (Å²) in [6.45, 7) is 8.35. The van der Waals surface area contributed by atoms with Gasteiger partial charge < -0.3 is 14.8 Å². The number of unbranched alkanes of at least 4 members (excludes halogenated alkanes) is 1. The molecule has 0 aliphatic carbocycles. The van der Waals surface area contributed by atoms with E-state index < -0.39 is 0 Å². The third-order valence-corrected chi connectivity index (χ3v) is 3.34. The number of hydrogen-bond donors (Lipinski definition) is 1. The smallest absolute Gasteiger partial charge is 0.133 e. The first-order valence-electron chi connectivity index (χ1n) is 6.91. The Labute approximate surface area is 124 Å². The minimum Gasteiger partial charge on any atom is -0.491 e. The van der Waals surface area contributed by atoms with E-state index in [4.69, 9.17) is 9.47 Å². The van der Waals surface area contributed by atoms with Gasteiger partial charge in [-0.15, -0.1) is 0 Å². The van der Waals surface area contributed by atoms with E-state index in [0.29, 0.717) is 6.61 Å². The van der Waals surface area contributed by atoms with Crippen LogP contribution in [0.25, 0.3) is 0 Å². The lowest BCUT2D eigenvalue weighted by Gasteiger charge is -2.09. The lowest BCUT2D eigenvalue weighted by Crippen LogP contribution is -2.22. The number of ether oxygens (including phenoxy) is 2. The first-order chi connectivity index (χ1) is 9.24. The van der Waals surface area contributed by atoms with Crippen molar-refractivity contribution in [1.82, 2.24) is 5.32 Å². The first-order valence-corrected chi connectivity index (χ1v) is 7.70. The molecule has 0 aliphatic heterocycles. The Balaban J connectivity index is 2.01. The molecule has 0 spiro atoms. The van der Waals surface area contributed by atoms with Gasteiger partial charge in [0.2, 0.25) is 0 Å². The highest BCUT2D eigenvalue weighted by atomic mass is 79.9. The van der Waals surface area contributed by atoms with Crippen LogP contribution in [0.2, 0.25) is 0 Å². The molecular formula is C15H24BrNO2. The predicted octanol–water partition coefficient (Wildman–Crippen LogP) is 3.54. The summed E-state index contributed by atoms with van der Waals surface area (Å²) < 4.78 is 12.0. The van der Waals surface area contributed by atoms with Gasteiger partial charge in [-0.1, -0.05) is 6.07 Å². The zero-order valence-electron chi connectivity index (χ0n) is 11.9. The highest BCUT2D eigenvalue weighted by molar-refractivity contribution is 9.10. The molecule has 0 aliphatic rings. The van der Waals surface area contributed by atoms with Gasteiger partial charge in [-0.2, -0.15) is 0 Å². The Morgan fingerprint density at radius 3 is 2.74 bits per heavy atom. The van der Waals surface area contributed by atoms with Crippen LogP contribution in [0, 0.1) is 6.92 Å². The molecular weight excluding hydrogens is 306 g/mol. The van der Waals surface area contributed by atoms with Crippen LogP contribution in [-0.2, 0) is 4.74 Å². The molecule has 1 aromatic carbocycles. The van der Waals surface area contributed by atoms with E-state index in [2.05, 4.69) is 40.3 Å². The van der Waals surface area contributed by atoms with Gasteiger partial charge in [0.05, 0.1) is 4.47 Å². The van der Waals surface area contributed by atoms with Crippen LogP contribution in [0.4, 0.5) is 0 Å². The van der Waals surface area contributed by atoms with Crippen LogP contribution in [0.1, 0.15) is 25.3 Å². The highest BCUT2D eigenvalue weighted by Gasteiger charge is 2.00. The van der Waals surface area contributed by atoms with Gasteiger partial charge in [-0.25, -0.2) is 0 Å². The van der Waals surface area contributed by atoms with E-state index in [0.717, 1.165) is 49.4 Å². The molecule has 0 atom stereocenters. The van der Waals surface area contributed by atoms with Crippen LogP contribution in [0.3, 0.4) is 0 Å². The number of rotatable bonds is 10. The molecule has 108 valence electrons. The zero-order chi connectivity index (χ0) is 13.9. The average molecular weight is 330 g/mol. The molecule has 0 fully saturated rings. The third-order valence-electron chi connectivity index (χ3n) is 2.72. The minimum absolute atomic E-state index is 0.688. The van der Waals surface area contributed by atoms with Crippen LogP contribution in [-0.4, -0.2) is 32.9 Å². The number of halogens is 1. The van der Waals surface area contributed by atoms with Crippen molar-refractivity contribution in [2.75, 3.05) is 32.9 Å². The Hall–Kier alpha value is -0.580. The SMILES string of the molecule is CCOCCCCNCCOc1ccc(C)cc1Br. The highest BCUT2D eigenvalue weighted by Crippen LogP contribution is 2.25. The van der Waals surface area contributed by atoms with Crippen molar-refractivity contribution < 1.29 is 9.47 Å². The summed E-state index contributed by atoms with van der Waals surface area (Å²) in [4.78, 5) is 0. The van der Waals surface area contributed by atoms with Crippen molar-refractivity contribution >= 4 is 15.9 Å². The number of nitrogens with one attached hydrogen (secondary N) is 1. The van der Waals surface area contributed by atoms with Crippen LogP contribution in [0.5, 0.6) is 5.75 Å². The summed E-state index contributed by atoms with van der Waals surface area (Å²) in [7, 11) is 0. The summed E-state index contributed by atoms with van der Waals surface area (Å²) in [5.74, 6) is 0.906. The number of benzene rings is 1. The number of aryl methyl sites for hydroxylation is 1. The molecule has 1 rings (SSSR count). The van der Waals surface area contributed by atoms with Gasteiger partial charge in [0, 0.05) is 19.8 Å². The van der Waals surface area contributed by atoms with Crippen molar-refractivity contribution in [2.45, 2.75) is 26.7 Å². The minimum atomic E-state index is 0.688. The van der Waals surface area contributed by atoms with Gasteiger partial charge in [-0.3, -0.25) is 0 Å². The summed E-state index contributed by atoms with van der Waals surface area (Å²) in [6, 6.07) is 6.12. The Morgan fingerprint density at radius 2 is 2.00 bits per heavy atom. The fourth-order valence-electron chi connectivity index (χ4n) is 1.68. The monoisotopic (exact) mass is 329 g/mol. The van der Waals surface area contributed by atoms with E-state index in [-0.39, 0.29) is 0 Å². The number of hydrogen-bond acceptors (Lipinski definition) is 3. The lowest BCUT2D eigenvalue weighted by molar-refractivity contribution is 0.143. The molecule has 0 heterocycles. The second kappa shape index (κ2) is 10.2. The fourth-order valence-corrected chi connectivity index (χ4v) is 2.29. The van der Waals surface area contributed by atoms with Crippen molar-refractivity contribution in [3.8, 4) is 5.75 Å². The molecule has 0 saturated carbocycles. The maximum atomic E-state index is 5.70. The maximum Gasteiger partial charge on any atom is 0.133 e. The molecule has 0 unspecified atom stereocenters. The molecule has 0 radical (unpaired) electrons. The van der Waals surface area contributed by atoms with Crippen LogP contribution < -0.4 is 10.1 Å². The quantitative estimate of drug-likeness (QED) is 0.666.